The SMILES string of the molecule is CCCN(CCC)S(=O)(=O)c1ccc(C(=O)N(CCCN(C)C)c2nc3c(C)cccc3s2)cc1.Cl. The molecule has 2 aromatic carbocycles. The molecule has 0 saturated carbocycles. The average Bonchev–Trinajstić information content (AvgIpc) is 3.26. The highest BCUT2D eigenvalue weighted by molar-refractivity contribution is 7.89. The Bertz CT molecular complexity index is 1240. The Hall–Kier alpha value is -2.04. The first-order valence-electron chi connectivity index (χ1n) is 12.1. The second kappa shape index (κ2) is 13.5. The molecule has 1 amide bonds. The Morgan fingerprint density at radius 3 is 2.14 bits per heavy atom. The van der Waals surface area contributed by atoms with Crippen LogP contribution in [0.3, 0.4) is 0 Å². The number of nitrogens with zero attached hydrogens (tertiary/aromatic N) is 4. The number of rotatable bonds is 12. The van der Waals surface area contributed by atoms with Gasteiger partial charge in [0.2, 0.25) is 10.0 Å². The molecule has 0 fully saturated rings. The summed E-state index contributed by atoms with van der Waals surface area (Å²) in [6.07, 6.45) is 2.29. The Morgan fingerprint density at radius 1 is 0.944 bits per heavy atom. The number of sulfonamides is 1. The van der Waals surface area contributed by atoms with Crippen LogP contribution in [0.15, 0.2) is 47.4 Å². The lowest BCUT2D eigenvalue weighted by Gasteiger charge is -2.22. The maximum atomic E-state index is 13.6. The highest BCUT2D eigenvalue weighted by atomic mass is 35.5. The third kappa shape index (κ3) is 7.04. The number of carbonyl (C=O) groups excluding carboxylic acids is 1. The van der Waals surface area contributed by atoms with Crippen molar-refractivity contribution in [3.05, 3.63) is 53.6 Å². The number of fused-ring (bicyclic) bond motifs is 1. The number of hydrogen-bond acceptors (Lipinski definition) is 6. The second-order valence-electron chi connectivity index (χ2n) is 8.96. The van der Waals surface area contributed by atoms with Gasteiger partial charge in [0.05, 0.1) is 15.1 Å². The number of amides is 1. The highest BCUT2D eigenvalue weighted by Crippen LogP contribution is 2.31. The van der Waals surface area contributed by atoms with Crippen LogP contribution in [-0.4, -0.2) is 68.8 Å². The first-order valence-corrected chi connectivity index (χ1v) is 14.4. The summed E-state index contributed by atoms with van der Waals surface area (Å²) < 4.78 is 28.8. The summed E-state index contributed by atoms with van der Waals surface area (Å²) in [6, 6.07) is 12.3. The number of aromatic nitrogens is 1. The maximum absolute atomic E-state index is 13.6. The highest BCUT2D eigenvalue weighted by Gasteiger charge is 2.25. The van der Waals surface area contributed by atoms with Crippen LogP contribution in [0.4, 0.5) is 5.13 Å². The fourth-order valence-corrected chi connectivity index (χ4v) is 6.64. The van der Waals surface area contributed by atoms with Gasteiger partial charge in [0, 0.05) is 25.2 Å². The lowest BCUT2D eigenvalue weighted by atomic mass is 10.2. The molecule has 3 rings (SSSR count). The largest absolute Gasteiger partial charge is 0.309 e. The van der Waals surface area contributed by atoms with E-state index >= 15 is 0 Å². The molecule has 0 unspecified atom stereocenters. The van der Waals surface area contributed by atoms with E-state index in [0.29, 0.717) is 30.3 Å². The molecule has 3 aromatic rings. The molecule has 0 aliphatic rings. The fraction of sp³-hybridized carbons (Fsp3) is 0.462. The molecule has 0 aliphatic heterocycles. The van der Waals surface area contributed by atoms with Crippen LogP contribution in [0, 0.1) is 6.92 Å². The van der Waals surface area contributed by atoms with Gasteiger partial charge in [-0.3, -0.25) is 9.69 Å². The molecule has 198 valence electrons. The summed E-state index contributed by atoms with van der Waals surface area (Å²) in [5, 5.41) is 0.659. The standard InChI is InChI=1S/C26H36N4O3S2.ClH/c1-6-16-29(17-7-2)35(32,33)22-14-12-21(13-15-22)25(31)30(19-9-18-28(4)5)26-27-24-20(3)10-8-11-23(24)34-26;/h8,10-15H,6-7,9,16-19H2,1-5H3;1H. The molecule has 0 spiro atoms. The summed E-state index contributed by atoms with van der Waals surface area (Å²) in [4.78, 5) is 22.4. The predicted molar refractivity (Wildman–Crippen MR) is 152 cm³/mol. The van der Waals surface area contributed by atoms with Crippen molar-refractivity contribution >= 4 is 55.0 Å². The Kier molecular flexibility index (Phi) is 11.3. The number of aryl methyl sites for hydroxylation is 1. The number of halogens is 1. The monoisotopic (exact) mass is 552 g/mol. The van der Waals surface area contributed by atoms with Gasteiger partial charge in [-0.2, -0.15) is 4.31 Å². The molecular weight excluding hydrogens is 516 g/mol. The van der Waals surface area contributed by atoms with Gasteiger partial charge in [-0.15, -0.1) is 12.4 Å². The third-order valence-electron chi connectivity index (χ3n) is 5.76. The van der Waals surface area contributed by atoms with Crippen molar-refractivity contribution in [2.75, 3.05) is 45.2 Å². The summed E-state index contributed by atoms with van der Waals surface area (Å²) in [7, 11) is 0.420. The van der Waals surface area contributed by atoms with Gasteiger partial charge in [-0.05, 0) is 82.7 Å². The topological polar surface area (TPSA) is 73.8 Å². The molecule has 0 radical (unpaired) electrons. The molecule has 1 heterocycles. The van der Waals surface area contributed by atoms with Gasteiger partial charge in [-0.1, -0.05) is 37.3 Å². The Balaban J connectivity index is 0.00000456. The number of anilines is 1. The van der Waals surface area contributed by atoms with Gasteiger partial charge < -0.3 is 4.90 Å². The number of carbonyl (C=O) groups is 1. The van der Waals surface area contributed by atoms with Crippen molar-refractivity contribution in [3.8, 4) is 0 Å². The third-order valence-corrected chi connectivity index (χ3v) is 8.71. The lowest BCUT2D eigenvalue weighted by molar-refractivity contribution is 0.0986. The zero-order valence-corrected chi connectivity index (χ0v) is 24.2. The van der Waals surface area contributed by atoms with Crippen LogP contribution < -0.4 is 4.90 Å². The summed E-state index contributed by atoms with van der Waals surface area (Å²) >= 11 is 1.50. The van der Waals surface area contributed by atoms with Crippen LogP contribution in [0.2, 0.25) is 0 Å². The molecule has 36 heavy (non-hydrogen) atoms. The van der Waals surface area contributed by atoms with E-state index in [1.165, 1.54) is 15.6 Å². The van der Waals surface area contributed by atoms with E-state index in [9.17, 15) is 13.2 Å². The van der Waals surface area contributed by atoms with E-state index in [-0.39, 0.29) is 23.2 Å². The van der Waals surface area contributed by atoms with Crippen molar-refractivity contribution < 1.29 is 13.2 Å². The van der Waals surface area contributed by atoms with Gasteiger partial charge in [-0.25, -0.2) is 13.4 Å². The fourth-order valence-electron chi connectivity index (χ4n) is 3.94. The van der Waals surface area contributed by atoms with E-state index in [1.807, 2.05) is 53.1 Å². The van der Waals surface area contributed by atoms with Gasteiger partial charge >= 0.3 is 0 Å². The van der Waals surface area contributed by atoms with E-state index in [2.05, 4.69) is 4.90 Å². The van der Waals surface area contributed by atoms with Crippen LogP contribution in [0.5, 0.6) is 0 Å². The van der Waals surface area contributed by atoms with Crippen molar-refractivity contribution in [1.82, 2.24) is 14.2 Å². The van der Waals surface area contributed by atoms with Crippen molar-refractivity contribution in [1.29, 1.82) is 0 Å². The summed E-state index contributed by atoms with van der Waals surface area (Å²) in [5.41, 5.74) is 2.43. The van der Waals surface area contributed by atoms with Gasteiger partial charge in [0.1, 0.15) is 0 Å². The molecule has 0 bridgehead atoms. The maximum Gasteiger partial charge on any atom is 0.260 e. The average molecular weight is 553 g/mol. The van der Waals surface area contributed by atoms with Crippen LogP contribution in [0.1, 0.15) is 49.0 Å². The van der Waals surface area contributed by atoms with E-state index < -0.39 is 10.0 Å². The van der Waals surface area contributed by atoms with Crippen LogP contribution in [-0.2, 0) is 10.0 Å². The Labute approximate surface area is 225 Å². The molecule has 1 aromatic heterocycles. The normalized spacial score (nSPS) is 11.8. The molecule has 10 heteroatoms. The molecule has 0 aliphatic carbocycles. The molecule has 0 atom stereocenters. The minimum Gasteiger partial charge on any atom is -0.309 e. The molecule has 0 saturated heterocycles. The zero-order chi connectivity index (χ0) is 25.6. The van der Waals surface area contributed by atoms with Crippen molar-refractivity contribution in [3.63, 3.8) is 0 Å². The second-order valence-corrected chi connectivity index (χ2v) is 11.9. The smallest absolute Gasteiger partial charge is 0.260 e. The zero-order valence-electron chi connectivity index (χ0n) is 21.7. The summed E-state index contributed by atoms with van der Waals surface area (Å²) in [6.45, 7) is 8.28. The van der Waals surface area contributed by atoms with Crippen molar-refractivity contribution in [2.45, 2.75) is 44.9 Å². The van der Waals surface area contributed by atoms with E-state index in [4.69, 9.17) is 4.98 Å². The first-order chi connectivity index (χ1) is 16.7. The minimum absolute atomic E-state index is 0. The molecule has 0 N–H and O–H groups in total. The quantitative estimate of drug-likeness (QED) is 0.299. The first kappa shape index (κ1) is 30.2. The Morgan fingerprint density at radius 2 is 1.58 bits per heavy atom. The van der Waals surface area contributed by atoms with E-state index in [0.717, 1.165) is 41.6 Å². The molecule has 7 nitrogen and oxygen atoms in total. The van der Waals surface area contributed by atoms with Crippen LogP contribution in [0.25, 0.3) is 10.2 Å². The number of benzene rings is 2. The van der Waals surface area contributed by atoms with Crippen molar-refractivity contribution in [2.24, 2.45) is 0 Å². The van der Waals surface area contributed by atoms with Gasteiger partial charge in [0.15, 0.2) is 5.13 Å². The number of thiazole rings is 1. The van der Waals surface area contributed by atoms with E-state index in [1.54, 1.807) is 29.2 Å². The minimum atomic E-state index is -3.59. The predicted octanol–water partition coefficient (Wildman–Crippen LogP) is 5.44. The molecular formula is C26H37ClN4O3S2. The summed E-state index contributed by atoms with van der Waals surface area (Å²) in [5.74, 6) is -0.177. The van der Waals surface area contributed by atoms with Crippen LogP contribution >= 0.6 is 23.7 Å². The number of hydrogen-bond donors (Lipinski definition) is 0. The lowest BCUT2D eigenvalue weighted by Crippen LogP contribution is -2.34. The number of para-hydroxylation sites is 1. The van der Waals surface area contributed by atoms with Gasteiger partial charge in [0.25, 0.3) is 5.91 Å².